The monoisotopic (exact) mass is 338 g/mol. The van der Waals surface area contributed by atoms with E-state index in [2.05, 4.69) is 25.1 Å². The van der Waals surface area contributed by atoms with Crippen molar-refractivity contribution in [2.45, 2.75) is 31.6 Å². The van der Waals surface area contributed by atoms with Crippen LogP contribution in [0.3, 0.4) is 0 Å². The maximum atomic E-state index is 12.6. The average Bonchev–Trinajstić information content (AvgIpc) is 2.56. The summed E-state index contributed by atoms with van der Waals surface area (Å²) in [5.41, 5.74) is 5.77. The van der Waals surface area contributed by atoms with Gasteiger partial charge in [-0.3, -0.25) is 0 Å². The standard InChI is InChI=1S/C21H22O2S/c1-16-8-11-20(12-9-16)24(22,23)15-18-10-13-21(17(2)14-18)19-6-4-3-5-7-19/h3-9,11-12,14H,10,13,15H2,1-2H3. The van der Waals surface area contributed by atoms with Gasteiger partial charge in [0.15, 0.2) is 9.84 Å². The minimum atomic E-state index is -3.27. The van der Waals surface area contributed by atoms with Crippen LogP contribution in [0.25, 0.3) is 5.57 Å². The SMILES string of the molecule is CC1=C(c2ccccc2)CCC(CS(=O)(=O)c2ccc(C)cc2)=C1. The summed E-state index contributed by atoms with van der Waals surface area (Å²) in [5, 5.41) is 0. The smallest absolute Gasteiger partial charge is 0.182 e. The third-order valence-corrected chi connectivity index (χ3v) is 6.21. The van der Waals surface area contributed by atoms with E-state index in [1.807, 2.05) is 37.3 Å². The number of hydrogen-bond donors (Lipinski definition) is 0. The fraction of sp³-hybridized carbons (Fsp3) is 0.238. The molecular weight excluding hydrogens is 316 g/mol. The molecule has 0 atom stereocenters. The molecule has 0 saturated heterocycles. The molecule has 0 unspecified atom stereocenters. The number of sulfone groups is 1. The molecule has 0 bridgehead atoms. The van der Waals surface area contributed by atoms with E-state index in [0.717, 1.165) is 24.0 Å². The molecule has 2 aromatic carbocycles. The molecule has 0 aromatic heterocycles. The lowest BCUT2D eigenvalue weighted by Crippen LogP contribution is -2.11. The van der Waals surface area contributed by atoms with Gasteiger partial charge in [-0.05, 0) is 55.5 Å². The van der Waals surface area contributed by atoms with E-state index in [4.69, 9.17) is 0 Å². The van der Waals surface area contributed by atoms with Crippen molar-refractivity contribution in [3.05, 3.63) is 82.9 Å². The molecule has 0 amide bonds. The Kier molecular flexibility index (Phi) is 4.72. The summed E-state index contributed by atoms with van der Waals surface area (Å²) in [5.74, 6) is 0.107. The van der Waals surface area contributed by atoms with Crippen molar-refractivity contribution >= 4 is 15.4 Å². The van der Waals surface area contributed by atoms with E-state index in [1.165, 1.54) is 16.7 Å². The molecule has 0 N–H and O–H groups in total. The fourth-order valence-corrected chi connectivity index (χ4v) is 4.58. The molecule has 124 valence electrons. The largest absolute Gasteiger partial charge is 0.223 e. The summed E-state index contributed by atoms with van der Waals surface area (Å²) in [6.07, 6.45) is 3.75. The van der Waals surface area contributed by atoms with Gasteiger partial charge in [-0.1, -0.05) is 59.7 Å². The van der Waals surface area contributed by atoms with Crippen LogP contribution in [0.4, 0.5) is 0 Å². The Balaban J connectivity index is 1.84. The van der Waals surface area contributed by atoms with Crippen molar-refractivity contribution in [2.75, 3.05) is 5.75 Å². The Labute approximate surface area is 144 Å². The van der Waals surface area contributed by atoms with Crippen LogP contribution >= 0.6 is 0 Å². The minimum Gasteiger partial charge on any atom is -0.223 e. The molecule has 0 radical (unpaired) electrons. The Morgan fingerprint density at radius 2 is 1.54 bits per heavy atom. The van der Waals surface area contributed by atoms with E-state index in [1.54, 1.807) is 12.1 Å². The summed E-state index contributed by atoms with van der Waals surface area (Å²) in [4.78, 5) is 0.407. The molecular formula is C21H22O2S. The second-order valence-corrected chi connectivity index (χ2v) is 8.39. The zero-order valence-electron chi connectivity index (χ0n) is 14.1. The summed E-state index contributed by atoms with van der Waals surface area (Å²) < 4.78 is 25.2. The number of allylic oxidation sites excluding steroid dienone is 3. The third kappa shape index (κ3) is 3.68. The first-order chi connectivity index (χ1) is 11.5. The number of rotatable bonds is 4. The van der Waals surface area contributed by atoms with Crippen molar-refractivity contribution in [1.82, 2.24) is 0 Å². The quantitative estimate of drug-likeness (QED) is 0.789. The highest BCUT2D eigenvalue weighted by Crippen LogP contribution is 2.32. The predicted octanol–water partition coefficient (Wildman–Crippen LogP) is 4.96. The van der Waals surface area contributed by atoms with Gasteiger partial charge >= 0.3 is 0 Å². The lowest BCUT2D eigenvalue weighted by atomic mass is 9.89. The van der Waals surface area contributed by atoms with Crippen molar-refractivity contribution < 1.29 is 8.42 Å². The summed E-state index contributed by atoms with van der Waals surface area (Å²) in [6.45, 7) is 4.03. The molecule has 3 heteroatoms. The second-order valence-electron chi connectivity index (χ2n) is 6.40. The van der Waals surface area contributed by atoms with Crippen LogP contribution in [0.1, 0.15) is 30.9 Å². The van der Waals surface area contributed by atoms with E-state index in [-0.39, 0.29) is 5.75 Å². The van der Waals surface area contributed by atoms with Crippen LogP contribution in [0.5, 0.6) is 0 Å². The van der Waals surface area contributed by atoms with Gasteiger partial charge in [-0.2, -0.15) is 0 Å². The first kappa shape index (κ1) is 16.7. The molecule has 2 nitrogen and oxygen atoms in total. The molecule has 0 aliphatic heterocycles. The number of aryl methyl sites for hydroxylation is 1. The summed E-state index contributed by atoms with van der Waals surface area (Å²) >= 11 is 0. The Hall–Kier alpha value is -2.13. The van der Waals surface area contributed by atoms with Gasteiger partial charge in [0.25, 0.3) is 0 Å². The van der Waals surface area contributed by atoms with Gasteiger partial charge < -0.3 is 0 Å². The Morgan fingerprint density at radius 1 is 0.875 bits per heavy atom. The van der Waals surface area contributed by atoms with E-state index in [0.29, 0.717) is 4.90 Å². The molecule has 0 saturated carbocycles. The molecule has 0 heterocycles. The predicted molar refractivity (Wildman–Crippen MR) is 99.6 cm³/mol. The van der Waals surface area contributed by atoms with Gasteiger partial charge in [0.2, 0.25) is 0 Å². The molecule has 1 aliphatic carbocycles. The highest BCUT2D eigenvalue weighted by Gasteiger charge is 2.20. The molecule has 0 fully saturated rings. The molecule has 2 aromatic rings. The number of benzene rings is 2. The first-order valence-electron chi connectivity index (χ1n) is 8.20. The second kappa shape index (κ2) is 6.78. The summed E-state index contributed by atoms with van der Waals surface area (Å²) in [7, 11) is -3.27. The van der Waals surface area contributed by atoms with E-state index in [9.17, 15) is 8.42 Å². The number of hydrogen-bond acceptors (Lipinski definition) is 2. The van der Waals surface area contributed by atoms with E-state index < -0.39 is 9.84 Å². The maximum absolute atomic E-state index is 12.6. The lowest BCUT2D eigenvalue weighted by molar-refractivity contribution is 0.597. The van der Waals surface area contributed by atoms with Gasteiger partial charge in [0.05, 0.1) is 10.6 Å². The lowest BCUT2D eigenvalue weighted by Gasteiger charge is -2.19. The van der Waals surface area contributed by atoms with Gasteiger partial charge in [-0.15, -0.1) is 0 Å². The van der Waals surface area contributed by atoms with Crippen LogP contribution in [0.15, 0.2) is 76.7 Å². The first-order valence-corrected chi connectivity index (χ1v) is 9.85. The fourth-order valence-electron chi connectivity index (χ4n) is 3.15. The van der Waals surface area contributed by atoms with E-state index >= 15 is 0 Å². The average molecular weight is 338 g/mol. The normalized spacial score (nSPS) is 15.3. The van der Waals surface area contributed by atoms with Crippen molar-refractivity contribution in [1.29, 1.82) is 0 Å². The molecule has 3 rings (SSSR count). The van der Waals surface area contributed by atoms with Crippen LogP contribution in [-0.2, 0) is 9.84 Å². The van der Waals surface area contributed by atoms with Crippen LogP contribution in [0, 0.1) is 6.92 Å². The third-order valence-electron chi connectivity index (χ3n) is 4.47. The zero-order valence-corrected chi connectivity index (χ0v) is 14.9. The van der Waals surface area contributed by atoms with Crippen molar-refractivity contribution in [3.63, 3.8) is 0 Å². The van der Waals surface area contributed by atoms with Crippen molar-refractivity contribution in [2.24, 2.45) is 0 Å². The Bertz CT molecular complexity index is 887. The van der Waals surface area contributed by atoms with Crippen LogP contribution in [0.2, 0.25) is 0 Å². The highest BCUT2D eigenvalue weighted by molar-refractivity contribution is 7.91. The van der Waals surface area contributed by atoms with Crippen LogP contribution < -0.4 is 0 Å². The maximum Gasteiger partial charge on any atom is 0.182 e. The highest BCUT2D eigenvalue weighted by atomic mass is 32.2. The molecule has 24 heavy (non-hydrogen) atoms. The Morgan fingerprint density at radius 3 is 2.17 bits per heavy atom. The molecule has 0 spiro atoms. The zero-order chi connectivity index (χ0) is 17.2. The van der Waals surface area contributed by atoms with Gasteiger partial charge in [0, 0.05) is 0 Å². The van der Waals surface area contributed by atoms with Gasteiger partial charge in [0.1, 0.15) is 0 Å². The molecule has 1 aliphatic rings. The topological polar surface area (TPSA) is 34.1 Å². The van der Waals surface area contributed by atoms with Crippen LogP contribution in [-0.4, -0.2) is 14.2 Å². The minimum absolute atomic E-state index is 0.107. The summed E-state index contributed by atoms with van der Waals surface area (Å²) in [6, 6.07) is 17.4. The van der Waals surface area contributed by atoms with Gasteiger partial charge in [-0.25, -0.2) is 8.42 Å². The van der Waals surface area contributed by atoms with Crippen molar-refractivity contribution in [3.8, 4) is 0 Å².